The number of carboxylic acids is 1. The summed E-state index contributed by atoms with van der Waals surface area (Å²) in [4.78, 5) is 32.6. The van der Waals surface area contributed by atoms with Gasteiger partial charge in [0, 0.05) is 6.92 Å². The topological polar surface area (TPSA) is 127 Å². The van der Waals surface area contributed by atoms with Gasteiger partial charge in [0.25, 0.3) is 0 Å². The van der Waals surface area contributed by atoms with Crippen LogP contribution < -0.4 is 0 Å². The summed E-state index contributed by atoms with van der Waals surface area (Å²) < 4.78 is 30.2. The van der Waals surface area contributed by atoms with Gasteiger partial charge in [-0.3, -0.25) is 4.79 Å². The van der Waals surface area contributed by atoms with Crippen molar-refractivity contribution < 1.29 is 47.9 Å². The molecule has 10 heteroatoms. The molecule has 1 aromatic carbocycles. The molecule has 29 heavy (non-hydrogen) atoms. The predicted molar refractivity (Wildman–Crippen MR) is 95.6 cm³/mol. The standard InChI is InChI=1S/C13H14O6.C6H10O4/c1-9(14)18-12-8-16-11(19-12)7-17-13(15)10-5-3-2-4-6-10;1-2-5-9-3-4(10-5)6(7)8/h2-6,11-12H,7-8H2,1H3;4-5H,2-3H2,1H3,(H,7,8)/t11-,12?;4-,5-/m11/s1. The highest BCUT2D eigenvalue weighted by Crippen LogP contribution is 2.14. The minimum absolute atomic E-state index is 0.0501. The zero-order chi connectivity index (χ0) is 21.2. The Morgan fingerprint density at radius 1 is 1.07 bits per heavy atom. The third-order valence-electron chi connectivity index (χ3n) is 3.74. The molecule has 0 saturated carbocycles. The maximum Gasteiger partial charge on any atom is 0.338 e. The zero-order valence-corrected chi connectivity index (χ0v) is 16.1. The largest absolute Gasteiger partial charge is 0.479 e. The first-order chi connectivity index (χ1) is 13.9. The van der Waals surface area contributed by atoms with Gasteiger partial charge in [-0.25, -0.2) is 9.59 Å². The number of carboxylic acid groups (broad SMARTS) is 1. The number of benzene rings is 1. The SMILES string of the molecule is CC(=O)OC1CO[C@@H](COC(=O)c2ccccc2)O1.CC[C@@H]1OC[C@H](C(=O)O)O1. The van der Waals surface area contributed by atoms with Gasteiger partial charge in [-0.15, -0.1) is 0 Å². The van der Waals surface area contributed by atoms with Gasteiger partial charge in [0.05, 0.1) is 12.2 Å². The number of hydrogen-bond donors (Lipinski definition) is 1. The van der Waals surface area contributed by atoms with Gasteiger partial charge >= 0.3 is 17.9 Å². The van der Waals surface area contributed by atoms with Crippen molar-refractivity contribution in [3.8, 4) is 0 Å². The van der Waals surface area contributed by atoms with Crippen LogP contribution >= 0.6 is 0 Å². The van der Waals surface area contributed by atoms with Crippen molar-refractivity contribution in [1.29, 1.82) is 0 Å². The molecule has 0 aromatic heterocycles. The Kier molecular flexibility index (Phi) is 9.00. The summed E-state index contributed by atoms with van der Waals surface area (Å²) >= 11 is 0. The quantitative estimate of drug-likeness (QED) is 0.684. The lowest BCUT2D eigenvalue weighted by molar-refractivity contribution is -0.177. The Morgan fingerprint density at radius 3 is 2.31 bits per heavy atom. The van der Waals surface area contributed by atoms with E-state index in [-0.39, 0.29) is 26.1 Å². The van der Waals surface area contributed by atoms with Crippen LogP contribution in [-0.2, 0) is 38.0 Å². The fourth-order valence-electron chi connectivity index (χ4n) is 2.37. The minimum Gasteiger partial charge on any atom is -0.479 e. The molecule has 160 valence electrons. The molecule has 2 fully saturated rings. The lowest BCUT2D eigenvalue weighted by Crippen LogP contribution is -2.22. The number of carbonyl (C=O) groups excluding carboxylic acids is 2. The number of aliphatic carboxylic acids is 1. The van der Waals surface area contributed by atoms with Crippen LogP contribution in [0.5, 0.6) is 0 Å². The molecule has 4 atom stereocenters. The van der Waals surface area contributed by atoms with E-state index in [0.717, 1.165) is 0 Å². The van der Waals surface area contributed by atoms with E-state index in [4.69, 9.17) is 33.5 Å². The lowest BCUT2D eigenvalue weighted by Gasteiger charge is -2.11. The Morgan fingerprint density at radius 2 is 1.76 bits per heavy atom. The van der Waals surface area contributed by atoms with Crippen molar-refractivity contribution in [2.75, 3.05) is 19.8 Å². The van der Waals surface area contributed by atoms with E-state index < -0.39 is 36.6 Å². The molecule has 2 saturated heterocycles. The van der Waals surface area contributed by atoms with E-state index >= 15 is 0 Å². The summed E-state index contributed by atoms with van der Waals surface area (Å²) in [5, 5.41) is 8.42. The molecule has 1 aromatic rings. The van der Waals surface area contributed by atoms with Crippen molar-refractivity contribution in [2.45, 2.75) is 45.2 Å². The second kappa shape index (κ2) is 11.5. The smallest absolute Gasteiger partial charge is 0.338 e. The molecule has 0 spiro atoms. The molecule has 0 radical (unpaired) electrons. The van der Waals surface area contributed by atoms with Crippen molar-refractivity contribution in [2.24, 2.45) is 0 Å². The summed E-state index contributed by atoms with van der Waals surface area (Å²) in [6.45, 7) is 3.42. The Balaban J connectivity index is 0.000000253. The van der Waals surface area contributed by atoms with Gasteiger partial charge in [0.1, 0.15) is 13.2 Å². The number of rotatable bonds is 6. The first-order valence-electron chi connectivity index (χ1n) is 9.05. The molecule has 2 aliphatic heterocycles. The van der Waals surface area contributed by atoms with Crippen LogP contribution in [0.25, 0.3) is 0 Å². The lowest BCUT2D eigenvalue weighted by atomic mass is 10.2. The fraction of sp³-hybridized carbons (Fsp3) is 0.526. The van der Waals surface area contributed by atoms with Crippen molar-refractivity contribution >= 4 is 17.9 Å². The second-order valence-electron chi connectivity index (χ2n) is 6.04. The molecule has 1 N–H and O–H groups in total. The molecular formula is C19H24O10. The van der Waals surface area contributed by atoms with Crippen LogP contribution in [0.4, 0.5) is 0 Å². The molecule has 2 aliphatic rings. The van der Waals surface area contributed by atoms with Crippen LogP contribution in [0.3, 0.4) is 0 Å². The molecule has 3 rings (SSSR count). The van der Waals surface area contributed by atoms with E-state index in [1.54, 1.807) is 24.3 Å². The van der Waals surface area contributed by atoms with Crippen molar-refractivity contribution in [3.63, 3.8) is 0 Å². The van der Waals surface area contributed by atoms with E-state index in [0.29, 0.717) is 12.0 Å². The number of esters is 2. The first kappa shape index (κ1) is 22.8. The summed E-state index contributed by atoms with van der Waals surface area (Å²) in [5.41, 5.74) is 0.456. The molecule has 0 bridgehead atoms. The summed E-state index contributed by atoms with van der Waals surface area (Å²) in [7, 11) is 0. The van der Waals surface area contributed by atoms with Gasteiger partial charge < -0.3 is 33.5 Å². The first-order valence-corrected chi connectivity index (χ1v) is 9.05. The van der Waals surface area contributed by atoms with E-state index in [1.807, 2.05) is 13.0 Å². The average molecular weight is 412 g/mol. The van der Waals surface area contributed by atoms with Crippen LogP contribution in [0, 0.1) is 0 Å². The number of hydrogen-bond acceptors (Lipinski definition) is 9. The van der Waals surface area contributed by atoms with Gasteiger partial charge in [-0.1, -0.05) is 25.1 Å². The van der Waals surface area contributed by atoms with Crippen LogP contribution in [0.15, 0.2) is 30.3 Å². The average Bonchev–Trinajstić information content (AvgIpc) is 3.36. The monoisotopic (exact) mass is 412 g/mol. The maximum atomic E-state index is 11.6. The Labute approximate surface area is 167 Å². The van der Waals surface area contributed by atoms with E-state index in [1.165, 1.54) is 6.92 Å². The van der Waals surface area contributed by atoms with Gasteiger partial charge in [-0.05, 0) is 18.6 Å². The van der Waals surface area contributed by atoms with Crippen LogP contribution in [0.2, 0.25) is 0 Å². The van der Waals surface area contributed by atoms with Gasteiger partial charge in [0.2, 0.25) is 6.29 Å². The normalized spacial score (nSPS) is 25.6. The summed E-state index contributed by atoms with van der Waals surface area (Å²) in [6.07, 6.45) is -1.83. The highest BCUT2D eigenvalue weighted by molar-refractivity contribution is 5.89. The van der Waals surface area contributed by atoms with Crippen molar-refractivity contribution in [3.05, 3.63) is 35.9 Å². The van der Waals surface area contributed by atoms with Crippen molar-refractivity contribution in [1.82, 2.24) is 0 Å². The molecule has 0 amide bonds. The zero-order valence-electron chi connectivity index (χ0n) is 16.1. The molecule has 1 unspecified atom stereocenters. The minimum atomic E-state index is -0.948. The summed E-state index contributed by atoms with van der Waals surface area (Å²) in [6, 6.07) is 8.61. The van der Waals surface area contributed by atoms with Gasteiger partial charge in [0.15, 0.2) is 18.7 Å². The third kappa shape index (κ3) is 7.78. The molecule has 2 heterocycles. The molecule has 0 aliphatic carbocycles. The highest BCUT2D eigenvalue weighted by atomic mass is 16.8. The van der Waals surface area contributed by atoms with E-state index in [9.17, 15) is 14.4 Å². The second-order valence-corrected chi connectivity index (χ2v) is 6.04. The van der Waals surface area contributed by atoms with Crippen LogP contribution in [0.1, 0.15) is 30.6 Å². The Bertz CT molecular complexity index is 677. The molecular weight excluding hydrogens is 388 g/mol. The van der Waals surface area contributed by atoms with Gasteiger partial charge in [-0.2, -0.15) is 0 Å². The Hall–Kier alpha value is -2.53. The summed E-state index contributed by atoms with van der Waals surface area (Å²) in [5.74, 6) is -1.85. The third-order valence-corrected chi connectivity index (χ3v) is 3.74. The predicted octanol–water partition coefficient (Wildman–Crippen LogP) is 1.33. The number of ether oxygens (including phenoxy) is 6. The van der Waals surface area contributed by atoms with E-state index in [2.05, 4.69) is 0 Å². The molecule has 10 nitrogen and oxygen atoms in total. The fourth-order valence-corrected chi connectivity index (χ4v) is 2.37. The van der Waals surface area contributed by atoms with Crippen LogP contribution in [-0.4, -0.2) is 67.8 Å². The maximum absolute atomic E-state index is 11.6. The number of carbonyl (C=O) groups is 3. The highest BCUT2D eigenvalue weighted by Gasteiger charge is 2.30.